The molecule has 5 heteroatoms. The maximum absolute atomic E-state index is 12.8. The minimum Gasteiger partial charge on any atom is -0.460 e. The third kappa shape index (κ3) is 4.29. The van der Waals surface area contributed by atoms with E-state index in [-0.39, 0.29) is 26.1 Å². The predicted octanol–water partition coefficient (Wildman–Crippen LogP) is 3.27. The van der Waals surface area contributed by atoms with Crippen LogP contribution in [0, 0.1) is 5.41 Å². The second-order valence-corrected chi connectivity index (χ2v) is 6.32. The van der Waals surface area contributed by atoms with Gasteiger partial charge in [-0.3, -0.25) is 9.59 Å². The van der Waals surface area contributed by atoms with Crippen molar-refractivity contribution in [1.29, 1.82) is 0 Å². The predicted molar refractivity (Wildman–Crippen MR) is 95.0 cm³/mol. The molecule has 1 fully saturated rings. The Hall–Kier alpha value is -2.66. The van der Waals surface area contributed by atoms with Gasteiger partial charge < -0.3 is 14.2 Å². The van der Waals surface area contributed by atoms with E-state index < -0.39 is 17.4 Å². The minimum atomic E-state index is -1.29. The smallest absolute Gasteiger partial charge is 0.324 e. The number of carbonyl (C=O) groups excluding carboxylic acids is 2. The van der Waals surface area contributed by atoms with E-state index in [1.165, 1.54) is 0 Å². The average molecular weight is 354 g/mol. The first-order valence-electron chi connectivity index (χ1n) is 8.71. The van der Waals surface area contributed by atoms with Crippen LogP contribution in [0.3, 0.4) is 0 Å². The molecule has 1 aliphatic heterocycles. The Bertz CT molecular complexity index is 663. The van der Waals surface area contributed by atoms with E-state index in [1.54, 1.807) is 0 Å². The van der Waals surface area contributed by atoms with Crippen molar-refractivity contribution >= 4 is 11.9 Å². The third-order valence-corrected chi connectivity index (χ3v) is 4.55. The third-order valence-electron chi connectivity index (χ3n) is 4.55. The highest BCUT2D eigenvalue weighted by Crippen LogP contribution is 2.34. The van der Waals surface area contributed by atoms with Crippen molar-refractivity contribution < 1.29 is 23.8 Å². The van der Waals surface area contributed by atoms with Crippen LogP contribution in [0.2, 0.25) is 0 Å². The molecule has 2 aromatic rings. The van der Waals surface area contributed by atoms with Crippen molar-refractivity contribution in [3.8, 4) is 0 Å². The summed E-state index contributed by atoms with van der Waals surface area (Å²) in [5, 5.41) is 0. The largest absolute Gasteiger partial charge is 0.460 e. The topological polar surface area (TPSA) is 61.8 Å². The quantitative estimate of drug-likeness (QED) is 0.588. The molecule has 0 N–H and O–H groups in total. The molecule has 0 atom stereocenters. The second kappa shape index (κ2) is 8.63. The second-order valence-electron chi connectivity index (χ2n) is 6.32. The molecule has 0 aliphatic carbocycles. The van der Waals surface area contributed by atoms with Crippen molar-refractivity contribution in [3.05, 3.63) is 71.8 Å². The van der Waals surface area contributed by atoms with Gasteiger partial charge in [-0.1, -0.05) is 60.7 Å². The zero-order chi connectivity index (χ0) is 18.2. The molecule has 1 heterocycles. The van der Waals surface area contributed by atoms with E-state index >= 15 is 0 Å². The molecule has 3 rings (SSSR count). The fourth-order valence-electron chi connectivity index (χ4n) is 2.93. The summed E-state index contributed by atoms with van der Waals surface area (Å²) in [5.74, 6) is -1.08. The van der Waals surface area contributed by atoms with Crippen LogP contribution < -0.4 is 0 Å². The van der Waals surface area contributed by atoms with Gasteiger partial charge in [0.2, 0.25) is 0 Å². The average Bonchev–Trinajstić information content (AvgIpc) is 2.72. The van der Waals surface area contributed by atoms with E-state index in [2.05, 4.69) is 0 Å². The summed E-state index contributed by atoms with van der Waals surface area (Å²) in [6, 6.07) is 18.8. The Morgan fingerprint density at radius 1 is 0.769 bits per heavy atom. The molecule has 1 saturated heterocycles. The Morgan fingerprint density at radius 2 is 1.19 bits per heavy atom. The SMILES string of the molecule is O=C(OCc1ccccc1)C1(C(=O)OCc2ccccc2)CCOCC1. The lowest BCUT2D eigenvalue weighted by molar-refractivity contribution is -0.181. The summed E-state index contributed by atoms with van der Waals surface area (Å²) >= 11 is 0. The number of hydrogen-bond donors (Lipinski definition) is 0. The summed E-state index contributed by atoms with van der Waals surface area (Å²) in [6.07, 6.45) is 0.544. The van der Waals surface area contributed by atoms with Gasteiger partial charge in [0.1, 0.15) is 13.2 Å². The number of rotatable bonds is 6. The first-order chi connectivity index (χ1) is 12.7. The maximum atomic E-state index is 12.8. The van der Waals surface area contributed by atoms with Gasteiger partial charge in [0, 0.05) is 13.2 Å². The van der Waals surface area contributed by atoms with E-state index in [0.717, 1.165) is 11.1 Å². The van der Waals surface area contributed by atoms with Crippen LogP contribution in [0.25, 0.3) is 0 Å². The normalized spacial score (nSPS) is 15.8. The number of esters is 2. The molecular weight excluding hydrogens is 332 g/mol. The van der Waals surface area contributed by atoms with E-state index in [0.29, 0.717) is 13.2 Å². The van der Waals surface area contributed by atoms with Gasteiger partial charge in [0.25, 0.3) is 0 Å². The van der Waals surface area contributed by atoms with Crippen molar-refractivity contribution in [3.63, 3.8) is 0 Å². The van der Waals surface area contributed by atoms with E-state index in [9.17, 15) is 9.59 Å². The first-order valence-corrected chi connectivity index (χ1v) is 8.71. The first kappa shape index (κ1) is 18.1. The lowest BCUT2D eigenvalue weighted by Gasteiger charge is -2.32. The molecule has 0 radical (unpaired) electrons. The fraction of sp³-hybridized carbons (Fsp3) is 0.333. The van der Waals surface area contributed by atoms with Crippen LogP contribution in [0.5, 0.6) is 0 Å². The number of hydrogen-bond acceptors (Lipinski definition) is 5. The summed E-state index contributed by atoms with van der Waals surface area (Å²) in [5.41, 5.74) is 0.461. The van der Waals surface area contributed by atoms with Crippen LogP contribution in [0.1, 0.15) is 24.0 Å². The molecule has 136 valence electrons. The highest BCUT2D eigenvalue weighted by atomic mass is 16.6. The standard InChI is InChI=1S/C21H22O5/c22-19(25-15-17-7-3-1-4-8-17)21(11-13-24-14-12-21)20(23)26-16-18-9-5-2-6-10-18/h1-10H,11-16H2. The van der Waals surface area contributed by atoms with Crippen molar-refractivity contribution in [2.75, 3.05) is 13.2 Å². The Labute approximate surface area is 152 Å². The number of carbonyl (C=O) groups is 2. The minimum absolute atomic E-state index is 0.133. The van der Waals surface area contributed by atoms with Gasteiger partial charge in [-0.05, 0) is 24.0 Å². The molecule has 0 saturated carbocycles. The fourth-order valence-corrected chi connectivity index (χ4v) is 2.93. The lowest BCUT2D eigenvalue weighted by Crippen LogP contribution is -2.46. The van der Waals surface area contributed by atoms with E-state index in [1.807, 2.05) is 60.7 Å². The molecule has 0 spiro atoms. The molecular formula is C21H22O5. The molecule has 5 nitrogen and oxygen atoms in total. The highest BCUT2D eigenvalue weighted by molar-refractivity contribution is 6.00. The Kier molecular flexibility index (Phi) is 6.02. The summed E-state index contributed by atoms with van der Waals surface area (Å²) in [7, 11) is 0. The van der Waals surface area contributed by atoms with Gasteiger partial charge in [-0.2, -0.15) is 0 Å². The molecule has 1 aliphatic rings. The molecule has 2 aromatic carbocycles. The van der Waals surface area contributed by atoms with E-state index in [4.69, 9.17) is 14.2 Å². The Balaban J connectivity index is 1.66. The summed E-state index contributed by atoms with van der Waals surface area (Å²) in [6.45, 7) is 0.935. The lowest BCUT2D eigenvalue weighted by atomic mass is 9.80. The van der Waals surface area contributed by atoms with Crippen LogP contribution >= 0.6 is 0 Å². The van der Waals surface area contributed by atoms with Gasteiger partial charge in [0.05, 0.1) is 0 Å². The monoisotopic (exact) mass is 354 g/mol. The molecule has 26 heavy (non-hydrogen) atoms. The van der Waals surface area contributed by atoms with Gasteiger partial charge in [-0.15, -0.1) is 0 Å². The van der Waals surface area contributed by atoms with Crippen molar-refractivity contribution in [2.24, 2.45) is 5.41 Å². The van der Waals surface area contributed by atoms with Crippen LogP contribution in [0.4, 0.5) is 0 Å². The summed E-state index contributed by atoms with van der Waals surface area (Å²) < 4.78 is 16.2. The van der Waals surface area contributed by atoms with Gasteiger partial charge in [0.15, 0.2) is 5.41 Å². The van der Waals surface area contributed by atoms with Gasteiger partial charge in [-0.25, -0.2) is 0 Å². The molecule has 0 bridgehead atoms. The highest BCUT2D eigenvalue weighted by Gasteiger charge is 2.50. The molecule has 0 unspecified atom stereocenters. The van der Waals surface area contributed by atoms with Crippen LogP contribution in [-0.4, -0.2) is 25.2 Å². The molecule has 0 aromatic heterocycles. The molecule has 0 amide bonds. The van der Waals surface area contributed by atoms with Crippen molar-refractivity contribution in [2.45, 2.75) is 26.1 Å². The summed E-state index contributed by atoms with van der Waals surface area (Å²) in [4.78, 5) is 25.5. The zero-order valence-corrected chi connectivity index (χ0v) is 14.6. The number of ether oxygens (including phenoxy) is 3. The maximum Gasteiger partial charge on any atom is 0.324 e. The van der Waals surface area contributed by atoms with Crippen LogP contribution in [-0.2, 0) is 37.0 Å². The Morgan fingerprint density at radius 3 is 1.62 bits per heavy atom. The zero-order valence-electron chi connectivity index (χ0n) is 14.6. The van der Waals surface area contributed by atoms with Crippen molar-refractivity contribution in [1.82, 2.24) is 0 Å². The van der Waals surface area contributed by atoms with Gasteiger partial charge >= 0.3 is 11.9 Å². The van der Waals surface area contributed by atoms with Crippen LogP contribution in [0.15, 0.2) is 60.7 Å². The number of benzene rings is 2.